The van der Waals surface area contributed by atoms with Gasteiger partial charge in [-0.3, -0.25) is 9.48 Å². The average molecular weight is 327 g/mol. The number of hydrogen-bond acceptors (Lipinski definition) is 2. The molecule has 1 aromatic rings. The number of alkyl halides is 3. The van der Waals surface area contributed by atoms with Gasteiger partial charge in [-0.05, 0) is 38.2 Å². The number of nitrogens with zero attached hydrogens (tertiary/aromatic N) is 2. The average Bonchev–Trinajstić information content (AvgIpc) is 3.27. The van der Waals surface area contributed by atoms with Crippen LogP contribution in [-0.2, 0) is 17.5 Å². The third-order valence-corrected chi connectivity index (χ3v) is 4.36. The van der Waals surface area contributed by atoms with Crippen LogP contribution in [0.25, 0.3) is 0 Å². The normalized spacial score (nSPS) is 21.4. The summed E-state index contributed by atoms with van der Waals surface area (Å²) in [5.74, 6) is 0.134. The van der Waals surface area contributed by atoms with Gasteiger partial charge in [0.15, 0.2) is 5.69 Å². The van der Waals surface area contributed by atoms with E-state index in [1.807, 2.05) is 6.08 Å². The van der Waals surface area contributed by atoms with Crippen molar-refractivity contribution in [3.63, 3.8) is 0 Å². The van der Waals surface area contributed by atoms with Gasteiger partial charge in [-0.2, -0.15) is 18.3 Å². The predicted octanol–water partition coefficient (Wildman–Crippen LogP) is 3.25. The smallest absolute Gasteiger partial charge is 0.354 e. The van der Waals surface area contributed by atoms with Crippen molar-refractivity contribution in [2.75, 3.05) is 6.54 Å². The fraction of sp³-hybridized carbons (Fsp3) is 0.625. The Hall–Kier alpha value is -1.79. The molecule has 1 amide bonds. The Bertz CT molecular complexity index is 602. The number of carbonyl (C=O) groups excluding carboxylic acids is 1. The molecule has 1 fully saturated rings. The minimum atomic E-state index is -4.42. The van der Waals surface area contributed by atoms with E-state index < -0.39 is 11.9 Å². The quantitative estimate of drug-likeness (QED) is 0.844. The Morgan fingerprint density at radius 2 is 2.09 bits per heavy atom. The van der Waals surface area contributed by atoms with Crippen molar-refractivity contribution in [3.05, 3.63) is 29.6 Å². The first-order chi connectivity index (χ1) is 10.9. The van der Waals surface area contributed by atoms with Crippen LogP contribution in [0.2, 0.25) is 0 Å². The lowest BCUT2D eigenvalue weighted by atomic mass is 9.94. The van der Waals surface area contributed by atoms with Crippen LogP contribution in [0.3, 0.4) is 0 Å². The van der Waals surface area contributed by atoms with Gasteiger partial charge >= 0.3 is 6.18 Å². The number of nitrogens with one attached hydrogen (secondary N) is 1. The molecule has 2 aliphatic rings. The number of rotatable bonds is 5. The molecule has 1 saturated carbocycles. The molecule has 0 unspecified atom stereocenters. The summed E-state index contributed by atoms with van der Waals surface area (Å²) in [6, 6.07) is 1.14. The lowest BCUT2D eigenvalue weighted by molar-refractivity contribution is -0.141. The van der Waals surface area contributed by atoms with Gasteiger partial charge in [-0.15, -0.1) is 0 Å². The highest BCUT2D eigenvalue weighted by Crippen LogP contribution is 2.42. The summed E-state index contributed by atoms with van der Waals surface area (Å²) in [6.07, 6.45) is 3.92. The van der Waals surface area contributed by atoms with E-state index in [1.165, 1.54) is 4.68 Å². The first-order valence-electron chi connectivity index (χ1n) is 8.03. The van der Waals surface area contributed by atoms with E-state index in [4.69, 9.17) is 0 Å². The van der Waals surface area contributed by atoms with Crippen molar-refractivity contribution >= 4 is 5.91 Å². The van der Waals surface area contributed by atoms with Crippen LogP contribution in [0.15, 0.2) is 18.2 Å². The number of amides is 1. The van der Waals surface area contributed by atoms with Gasteiger partial charge < -0.3 is 5.32 Å². The van der Waals surface area contributed by atoms with E-state index in [9.17, 15) is 18.0 Å². The van der Waals surface area contributed by atoms with Crippen LogP contribution >= 0.6 is 0 Å². The van der Waals surface area contributed by atoms with Crippen molar-refractivity contribution in [2.45, 2.75) is 50.7 Å². The molecule has 0 aromatic carbocycles. The van der Waals surface area contributed by atoms with Crippen LogP contribution in [0.5, 0.6) is 0 Å². The molecule has 3 rings (SSSR count). The second kappa shape index (κ2) is 6.37. The van der Waals surface area contributed by atoms with Crippen molar-refractivity contribution in [1.29, 1.82) is 0 Å². The van der Waals surface area contributed by atoms with Crippen molar-refractivity contribution in [2.24, 2.45) is 5.92 Å². The second-order valence-electron chi connectivity index (χ2n) is 6.22. The van der Waals surface area contributed by atoms with Gasteiger partial charge in [0.1, 0.15) is 0 Å². The van der Waals surface area contributed by atoms with Gasteiger partial charge in [0.25, 0.3) is 0 Å². The third kappa shape index (κ3) is 3.95. The number of allylic oxidation sites excluding steroid dienone is 2. The molecule has 23 heavy (non-hydrogen) atoms. The highest BCUT2D eigenvalue weighted by atomic mass is 19.4. The zero-order chi connectivity index (χ0) is 16.4. The van der Waals surface area contributed by atoms with Gasteiger partial charge in [0.2, 0.25) is 5.91 Å². The summed E-state index contributed by atoms with van der Waals surface area (Å²) >= 11 is 0. The van der Waals surface area contributed by atoms with Crippen LogP contribution < -0.4 is 5.32 Å². The molecule has 7 heteroatoms. The molecule has 126 valence electrons. The summed E-state index contributed by atoms with van der Waals surface area (Å²) in [7, 11) is 0. The number of carbonyl (C=O) groups is 1. The molecule has 1 N–H and O–H groups in total. The number of halogens is 3. The molecule has 2 aliphatic carbocycles. The molecule has 1 aromatic heterocycles. The lowest BCUT2D eigenvalue weighted by Gasteiger charge is -2.17. The SMILES string of the molecule is O=C(NCCn1nc(C(F)(F)F)cc1C1CC1)[C@H]1CC=CCC1. The predicted molar refractivity (Wildman–Crippen MR) is 78.7 cm³/mol. The third-order valence-electron chi connectivity index (χ3n) is 4.36. The van der Waals surface area contributed by atoms with Crippen molar-refractivity contribution in [1.82, 2.24) is 15.1 Å². The largest absolute Gasteiger partial charge is 0.435 e. The zero-order valence-corrected chi connectivity index (χ0v) is 12.8. The second-order valence-corrected chi connectivity index (χ2v) is 6.22. The Labute approximate surface area is 132 Å². The lowest BCUT2D eigenvalue weighted by Crippen LogP contribution is -2.33. The molecule has 0 bridgehead atoms. The fourth-order valence-electron chi connectivity index (χ4n) is 2.92. The highest BCUT2D eigenvalue weighted by molar-refractivity contribution is 5.78. The van der Waals surface area contributed by atoms with Crippen molar-refractivity contribution in [3.8, 4) is 0 Å². The molecule has 1 atom stereocenters. The molecule has 4 nitrogen and oxygen atoms in total. The summed E-state index contributed by atoms with van der Waals surface area (Å²) in [4.78, 5) is 12.0. The molecular weight excluding hydrogens is 307 g/mol. The molecule has 1 heterocycles. The Morgan fingerprint density at radius 3 is 2.70 bits per heavy atom. The van der Waals surface area contributed by atoms with E-state index in [-0.39, 0.29) is 24.3 Å². The maximum atomic E-state index is 12.8. The first kappa shape index (κ1) is 16.1. The van der Waals surface area contributed by atoms with E-state index in [0.29, 0.717) is 12.2 Å². The standard InChI is InChI=1S/C16H20F3N3O/c17-16(18,19)14-10-13(11-6-7-11)22(21-14)9-8-20-15(23)12-4-2-1-3-5-12/h1-2,10-12H,3-9H2,(H,20,23)/t12-/m0/s1. The Morgan fingerprint density at radius 1 is 1.30 bits per heavy atom. The summed E-state index contributed by atoms with van der Waals surface area (Å²) in [5.41, 5.74) is -0.213. The summed E-state index contributed by atoms with van der Waals surface area (Å²) < 4.78 is 39.8. The van der Waals surface area contributed by atoms with E-state index in [2.05, 4.69) is 16.5 Å². The summed E-state index contributed by atoms with van der Waals surface area (Å²) in [5, 5.41) is 6.50. The van der Waals surface area contributed by atoms with Crippen LogP contribution in [0.4, 0.5) is 13.2 Å². The Balaban J connectivity index is 1.58. The maximum absolute atomic E-state index is 12.8. The fourth-order valence-corrected chi connectivity index (χ4v) is 2.92. The van der Waals surface area contributed by atoms with Gasteiger partial charge in [-0.25, -0.2) is 0 Å². The van der Waals surface area contributed by atoms with Crippen LogP contribution in [0, 0.1) is 5.92 Å². The van der Waals surface area contributed by atoms with E-state index >= 15 is 0 Å². The van der Waals surface area contributed by atoms with Crippen molar-refractivity contribution < 1.29 is 18.0 Å². The van der Waals surface area contributed by atoms with Gasteiger partial charge in [0.05, 0.1) is 6.54 Å². The van der Waals surface area contributed by atoms with Gasteiger partial charge in [0, 0.05) is 24.1 Å². The van der Waals surface area contributed by atoms with E-state index in [0.717, 1.165) is 38.2 Å². The molecular formula is C16H20F3N3O. The highest BCUT2D eigenvalue weighted by Gasteiger charge is 2.37. The topological polar surface area (TPSA) is 46.9 Å². The van der Waals surface area contributed by atoms with Gasteiger partial charge in [-0.1, -0.05) is 12.2 Å². The van der Waals surface area contributed by atoms with Crippen LogP contribution in [0.1, 0.15) is 49.4 Å². The maximum Gasteiger partial charge on any atom is 0.435 e. The monoisotopic (exact) mass is 327 g/mol. The first-order valence-corrected chi connectivity index (χ1v) is 8.03. The summed E-state index contributed by atoms with van der Waals surface area (Å²) in [6.45, 7) is 0.577. The minimum Gasteiger partial charge on any atom is -0.354 e. The number of hydrogen-bond donors (Lipinski definition) is 1. The van der Waals surface area contributed by atoms with E-state index in [1.54, 1.807) is 0 Å². The van der Waals surface area contributed by atoms with Crippen LogP contribution in [-0.4, -0.2) is 22.2 Å². The molecule has 0 aliphatic heterocycles. The minimum absolute atomic E-state index is 0.0220. The number of aromatic nitrogens is 2. The molecule has 0 radical (unpaired) electrons. The molecule has 0 spiro atoms. The zero-order valence-electron chi connectivity index (χ0n) is 12.8. The molecule has 0 saturated heterocycles. The Kier molecular flexibility index (Phi) is 4.46.